The van der Waals surface area contributed by atoms with Gasteiger partial charge in [-0.2, -0.15) is 0 Å². The van der Waals surface area contributed by atoms with E-state index in [0.717, 1.165) is 31.4 Å². The molecule has 1 aromatic rings. The first-order valence-corrected chi connectivity index (χ1v) is 5.31. The van der Waals surface area contributed by atoms with E-state index < -0.39 is 0 Å². The molecule has 0 saturated carbocycles. The van der Waals surface area contributed by atoms with Crippen LogP contribution in [0.5, 0.6) is 0 Å². The molecule has 0 bridgehead atoms. The van der Waals surface area contributed by atoms with Gasteiger partial charge in [0.25, 0.3) is 0 Å². The van der Waals surface area contributed by atoms with Gasteiger partial charge >= 0.3 is 0 Å². The lowest BCUT2D eigenvalue weighted by atomic mass is 9.98. The van der Waals surface area contributed by atoms with Crippen LogP contribution in [0.1, 0.15) is 12.8 Å². The average Bonchev–Trinajstić information content (AvgIpc) is 2.29. The van der Waals surface area contributed by atoms with Crippen LogP contribution in [-0.2, 0) is 0 Å². The number of pyridine rings is 1. The van der Waals surface area contributed by atoms with E-state index in [-0.39, 0.29) is 37.2 Å². The summed E-state index contributed by atoms with van der Waals surface area (Å²) in [5, 5.41) is 6.74. The van der Waals surface area contributed by atoms with Gasteiger partial charge in [-0.05, 0) is 44.0 Å². The van der Waals surface area contributed by atoms with E-state index >= 15 is 0 Å². The molecule has 0 amide bonds. The van der Waals surface area contributed by atoms with E-state index in [9.17, 15) is 0 Å². The van der Waals surface area contributed by atoms with E-state index in [2.05, 4.69) is 15.6 Å². The number of piperidine rings is 1. The lowest BCUT2D eigenvalue weighted by Crippen LogP contribution is -2.31. The van der Waals surface area contributed by atoms with Crippen molar-refractivity contribution in [2.24, 2.45) is 5.92 Å². The van der Waals surface area contributed by atoms with Crippen molar-refractivity contribution in [3.63, 3.8) is 0 Å². The number of rotatable bonds is 3. The zero-order valence-corrected chi connectivity index (χ0v) is 12.0. The molecule has 0 aliphatic carbocycles. The highest BCUT2D eigenvalue weighted by Gasteiger charge is 2.12. The largest absolute Gasteiger partial charge is 0.370 e. The molecule has 1 aromatic heterocycles. The first-order chi connectivity index (χ1) is 6.95. The second kappa shape index (κ2) is 10.9. The fourth-order valence-corrected chi connectivity index (χ4v) is 1.80. The second-order valence-corrected chi connectivity index (χ2v) is 3.79. The van der Waals surface area contributed by atoms with Crippen molar-refractivity contribution in [2.45, 2.75) is 12.8 Å². The zero-order chi connectivity index (χ0) is 9.64. The molecule has 0 radical (unpaired) electrons. The molecule has 0 spiro atoms. The maximum atomic E-state index is 4.24. The number of nitrogens with one attached hydrogen (secondary N) is 2. The summed E-state index contributed by atoms with van der Waals surface area (Å²) >= 11 is 0. The quantitative estimate of drug-likeness (QED) is 0.901. The van der Waals surface area contributed by atoms with E-state index in [1.54, 1.807) is 0 Å². The molecule has 0 aromatic carbocycles. The van der Waals surface area contributed by atoms with Crippen molar-refractivity contribution < 1.29 is 0 Å². The maximum absolute atomic E-state index is 4.24. The van der Waals surface area contributed by atoms with Crippen LogP contribution in [-0.4, -0.2) is 24.6 Å². The Morgan fingerprint density at radius 1 is 1.18 bits per heavy atom. The van der Waals surface area contributed by atoms with Crippen molar-refractivity contribution >= 4 is 43.0 Å². The van der Waals surface area contributed by atoms with Crippen LogP contribution in [0.4, 0.5) is 5.82 Å². The van der Waals surface area contributed by atoms with Gasteiger partial charge < -0.3 is 10.6 Å². The van der Waals surface area contributed by atoms with Crippen molar-refractivity contribution in [3.8, 4) is 0 Å². The molecule has 1 saturated heterocycles. The molecular weight excluding hydrogens is 281 g/mol. The Balaban J connectivity index is 0. The molecule has 3 nitrogen and oxygen atoms in total. The molecule has 0 unspecified atom stereocenters. The maximum Gasteiger partial charge on any atom is 0.125 e. The van der Waals surface area contributed by atoms with Crippen molar-refractivity contribution in [2.75, 3.05) is 25.0 Å². The molecule has 2 N–H and O–H groups in total. The molecule has 2 heterocycles. The van der Waals surface area contributed by atoms with E-state index in [1.807, 2.05) is 24.4 Å². The van der Waals surface area contributed by atoms with Crippen LogP contribution in [0, 0.1) is 5.92 Å². The SMILES string of the molecule is Cl.Cl.Cl.c1ccc(NCC2CCNCC2)nc1. The van der Waals surface area contributed by atoms with Gasteiger partial charge in [0.2, 0.25) is 0 Å². The number of hydrogen-bond acceptors (Lipinski definition) is 3. The third-order valence-electron chi connectivity index (χ3n) is 2.70. The van der Waals surface area contributed by atoms with Crippen molar-refractivity contribution in [1.82, 2.24) is 10.3 Å². The van der Waals surface area contributed by atoms with Gasteiger partial charge in [0, 0.05) is 12.7 Å². The smallest absolute Gasteiger partial charge is 0.125 e. The summed E-state index contributed by atoms with van der Waals surface area (Å²) in [6.45, 7) is 3.38. The normalized spacial score (nSPS) is 14.8. The Morgan fingerprint density at radius 3 is 2.47 bits per heavy atom. The first kappa shape index (κ1) is 19.1. The minimum absolute atomic E-state index is 0. The molecule has 1 aliphatic rings. The van der Waals surface area contributed by atoms with E-state index in [1.165, 1.54) is 12.8 Å². The molecule has 2 rings (SSSR count). The standard InChI is InChI=1S/C11H17N3.3ClH/c1-2-6-13-11(3-1)14-9-10-4-7-12-8-5-10;;;/h1-3,6,10,12H,4-5,7-9H2,(H,13,14);3*1H. The summed E-state index contributed by atoms with van der Waals surface area (Å²) in [5.41, 5.74) is 0. The Kier molecular flexibility index (Phi) is 12.3. The Morgan fingerprint density at radius 2 is 1.88 bits per heavy atom. The number of nitrogens with zero attached hydrogens (tertiary/aromatic N) is 1. The highest BCUT2D eigenvalue weighted by Crippen LogP contribution is 2.12. The lowest BCUT2D eigenvalue weighted by molar-refractivity contribution is 0.389. The Labute approximate surface area is 121 Å². The summed E-state index contributed by atoms with van der Waals surface area (Å²) in [6, 6.07) is 5.97. The fourth-order valence-electron chi connectivity index (χ4n) is 1.80. The predicted octanol–water partition coefficient (Wildman–Crippen LogP) is 2.76. The van der Waals surface area contributed by atoms with Crippen molar-refractivity contribution in [3.05, 3.63) is 24.4 Å². The molecule has 0 atom stereocenters. The number of hydrogen-bond donors (Lipinski definition) is 2. The van der Waals surface area contributed by atoms with Gasteiger partial charge in [0.1, 0.15) is 5.82 Å². The minimum Gasteiger partial charge on any atom is -0.370 e. The molecule has 1 aliphatic heterocycles. The fraction of sp³-hybridized carbons (Fsp3) is 0.545. The zero-order valence-electron chi connectivity index (χ0n) is 9.59. The van der Waals surface area contributed by atoms with Crippen molar-refractivity contribution in [1.29, 1.82) is 0 Å². The van der Waals surface area contributed by atoms with E-state index in [0.29, 0.717) is 0 Å². The van der Waals surface area contributed by atoms with Crippen LogP contribution >= 0.6 is 37.2 Å². The Bertz CT molecular complexity index is 266. The van der Waals surface area contributed by atoms with E-state index in [4.69, 9.17) is 0 Å². The third kappa shape index (κ3) is 6.94. The first-order valence-electron chi connectivity index (χ1n) is 5.31. The average molecular weight is 301 g/mol. The van der Waals surface area contributed by atoms with Gasteiger partial charge in [-0.1, -0.05) is 6.07 Å². The van der Waals surface area contributed by atoms with Crippen LogP contribution in [0.15, 0.2) is 24.4 Å². The monoisotopic (exact) mass is 299 g/mol. The highest BCUT2D eigenvalue weighted by atomic mass is 35.5. The molecule has 6 heteroatoms. The summed E-state index contributed by atoms with van der Waals surface area (Å²) in [5.74, 6) is 1.80. The summed E-state index contributed by atoms with van der Waals surface area (Å²) in [6.07, 6.45) is 4.38. The van der Waals surface area contributed by atoms with Crippen LogP contribution < -0.4 is 10.6 Å². The number of anilines is 1. The molecule has 1 fully saturated rings. The van der Waals surface area contributed by atoms with Gasteiger partial charge in [-0.3, -0.25) is 0 Å². The second-order valence-electron chi connectivity index (χ2n) is 3.79. The number of halogens is 3. The Hall–Kier alpha value is -0.220. The lowest BCUT2D eigenvalue weighted by Gasteiger charge is -2.22. The summed E-state index contributed by atoms with van der Waals surface area (Å²) in [7, 11) is 0. The molecular formula is C11H20Cl3N3. The van der Waals surface area contributed by atoms with Crippen LogP contribution in [0.2, 0.25) is 0 Å². The van der Waals surface area contributed by atoms with Crippen LogP contribution in [0.25, 0.3) is 0 Å². The van der Waals surface area contributed by atoms with Gasteiger partial charge in [0.05, 0.1) is 0 Å². The van der Waals surface area contributed by atoms with Gasteiger partial charge in [-0.15, -0.1) is 37.2 Å². The minimum atomic E-state index is 0. The van der Waals surface area contributed by atoms with Gasteiger partial charge in [-0.25, -0.2) is 4.98 Å². The number of aromatic nitrogens is 1. The third-order valence-corrected chi connectivity index (χ3v) is 2.70. The predicted molar refractivity (Wildman–Crippen MR) is 80.1 cm³/mol. The molecule has 100 valence electrons. The highest BCUT2D eigenvalue weighted by molar-refractivity contribution is 5.86. The summed E-state index contributed by atoms with van der Waals surface area (Å²) < 4.78 is 0. The topological polar surface area (TPSA) is 37.0 Å². The van der Waals surface area contributed by atoms with Crippen LogP contribution in [0.3, 0.4) is 0 Å². The van der Waals surface area contributed by atoms with Gasteiger partial charge in [0.15, 0.2) is 0 Å². The summed E-state index contributed by atoms with van der Waals surface area (Å²) in [4.78, 5) is 4.24. The molecule has 17 heavy (non-hydrogen) atoms.